The molecule has 0 unspecified atom stereocenters. The topological polar surface area (TPSA) is 98.5 Å². The third kappa shape index (κ3) is 3.50. The lowest BCUT2D eigenvalue weighted by molar-refractivity contribution is -0.116. The quantitative estimate of drug-likeness (QED) is 0.654. The lowest BCUT2D eigenvalue weighted by Crippen LogP contribution is -2.27. The van der Waals surface area contributed by atoms with E-state index in [0.717, 1.165) is 28.3 Å². The van der Waals surface area contributed by atoms with Crippen LogP contribution in [0.1, 0.15) is 35.9 Å². The zero-order valence-electron chi connectivity index (χ0n) is 17.2. The molecule has 1 aromatic heterocycles. The van der Waals surface area contributed by atoms with Gasteiger partial charge in [-0.25, -0.2) is 4.63 Å². The van der Waals surface area contributed by atoms with Gasteiger partial charge in [-0.05, 0) is 58.0 Å². The second-order valence-electron chi connectivity index (χ2n) is 7.63. The highest BCUT2D eigenvalue weighted by Gasteiger charge is 2.37. The van der Waals surface area contributed by atoms with Gasteiger partial charge in [-0.3, -0.25) is 4.79 Å². The second-order valence-corrected chi connectivity index (χ2v) is 7.63. The summed E-state index contributed by atoms with van der Waals surface area (Å²) in [6, 6.07) is 15.2. The van der Waals surface area contributed by atoms with E-state index in [1.807, 2.05) is 48.5 Å². The molecule has 2 atom stereocenters. The van der Waals surface area contributed by atoms with Crippen LogP contribution >= 0.6 is 0 Å². The van der Waals surface area contributed by atoms with Crippen molar-refractivity contribution in [2.45, 2.75) is 24.8 Å². The first-order valence-electron chi connectivity index (χ1n) is 10.1. The third-order valence-corrected chi connectivity index (χ3v) is 5.87. The first-order chi connectivity index (χ1) is 15.2. The van der Waals surface area contributed by atoms with E-state index in [2.05, 4.69) is 20.9 Å². The Morgan fingerprint density at radius 3 is 2.13 bits per heavy atom. The average Bonchev–Trinajstić information content (AvgIpc) is 3.17. The van der Waals surface area contributed by atoms with Crippen molar-refractivity contribution in [2.75, 3.05) is 24.9 Å². The summed E-state index contributed by atoms with van der Waals surface area (Å²) >= 11 is 0. The number of carbonyl (C=O) groups excluding carboxylic acids is 1. The maximum absolute atomic E-state index is 13.4. The minimum atomic E-state index is -0.370. The molecule has 3 aromatic rings. The largest absolute Gasteiger partial charge is 0.497 e. The van der Waals surface area contributed by atoms with Gasteiger partial charge >= 0.3 is 0 Å². The van der Waals surface area contributed by atoms with E-state index in [1.54, 1.807) is 14.2 Å². The van der Waals surface area contributed by atoms with Crippen molar-refractivity contribution < 1.29 is 18.9 Å². The van der Waals surface area contributed by atoms with Crippen LogP contribution in [0.15, 0.2) is 64.4 Å². The smallest absolute Gasteiger partial charge is 0.219 e. The first kappa shape index (κ1) is 19.2. The molecule has 0 spiro atoms. The Labute approximate surface area is 179 Å². The predicted octanol–water partition coefficient (Wildman–Crippen LogP) is 4.07. The summed E-state index contributed by atoms with van der Waals surface area (Å²) < 4.78 is 15.5. The summed E-state index contributed by atoms with van der Waals surface area (Å²) in [7, 11) is 3.27. The molecule has 31 heavy (non-hydrogen) atoms. The fourth-order valence-electron chi connectivity index (χ4n) is 4.26. The number of anilines is 2. The minimum Gasteiger partial charge on any atom is -0.497 e. The van der Waals surface area contributed by atoms with Crippen molar-refractivity contribution in [3.63, 3.8) is 0 Å². The van der Waals surface area contributed by atoms with Gasteiger partial charge in [-0.2, -0.15) is 0 Å². The van der Waals surface area contributed by atoms with Crippen LogP contribution in [0.2, 0.25) is 0 Å². The van der Waals surface area contributed by atoms with Crippen LogP contribution in [-0.4, -0.2) is 30.3 Å². The number of fused-ring (bicyclic) bond motifs is 1. The molecule has 0 radical (unpaired) electrons. The van der Waals surface area contributed by atoms with Crippen LogP contribution in [0.4, 0.5) is 11.6 Å². The van der Waals surface area contributed by atoms with E-state index in [0.29, 0.717) is 30.1 Å². The molecule has 8 nitrogen and oxygen atoms in total. The summed E-state index contributed by atoms with van der Waals surface area (Å²) in [5.41, 5.74) is 3.57. The number of nitrogens with one attached hydrogen (secondary N) is 2. The third-order valence-electron chi connectivity index (χ3n) is 5.87. The number of allylic oxidation sites excluding steroid dienone is 1. The normalized spacial score (nSPS) is 20.1. The van der Waals surface area contributed by atoms with E-state index >= 15 is 0 Å². The van der Waals surface area contributed by atoms with Gasteiger partial charge in [0.1, 0.15) is 11.5 Å². The Kier molecular flexibility index (Phi) is 4.82. The summed E-state index contributed by atoms with van der Waals surface area (Å²) in [6.07, 6.45) is 1.10. The molecule has 1 aliphatic carbocycles. The van der Waals surface area contributed by atoms with Gasteiger partial charge in [0.05, 0.1) is 20.3 Å². The molecule has 0 saturated heterocycles. The highest BCUT2D eigenvalue weighted by molar-refractivity contribution is 6.00. The number of hydrogen-bond acceptors (Lipinski definition) is 8. The van der Waals surface area contributed by atoms with Gasteiger partial charge in [0, 0.05) is 17.7 Å². The number of Topliss-reactive ketones (excluding diaryl/α,β-unsaturated/α-hetero) is 1. The lowest BCUT2D eigenvalue weighted by atomic mass is 9.78. The van der Waals surface area contributed by atoms with E-state index < -0.39 is 0 Å². The monoisotopic (exact) mass is 418 g/mol. The van der Waals surface area contributed by atoms with Crippen LogP contribution in [0.25, 0.3) is 0 Å². The number of methoxy groups -OCH3 is 2. The number of nitrogens with zero attached hydrogens (tertiary/aromatic N) is 2. The van der Waals surface area contributed by atoms with E-state index in [-0.39, 0.29) is 17.7 Å². The summed E-state index contributed by atoms with van der Waals surface area (Å²) in [5, 5.41) is 14.6. The van der Waals surface area contributed by atoms with Crippen molar-refractivity contribution in [2.24, 2.45) is 0 Å². The molecule has 0 fully saturated rings. The Hall–Kier alpha value is -3.81. The molecule has 0 bridgehead atoms. The molecule has 0 amide bonds. The Morgan fingerprint density at radius 1 is 0.871 bits per heavy atom. The van der Waals surface area contributed by atoms with Crippen LogP contribution < -0.4 is 20.1 Å². The minimum absolute atomic E-state index is 0.0579. The molecule has 158 valence electrons. The van der Waals surface area contributed by atoms with Crippen molar-refractivity contribution in [1.29, 1.82) is 0 Å². The molecule has 2 aromatic carbocycles. The predicted molar refractivity (Wildman–Crippen MR) is 114 cm³/mol. The number of aromatic nitrogens is 2. The number of ketones is 1. The van der Waals surface area contributed by atoms with Crippen LogP contribution in [0.3, 0.4) is 0 Å². The number of hydrogen-bond donors (Lipinski definition) is 2. The van der Waals surface area contributed by atoms with Gasteiger partial charge < -0.3 is 20.1 Å². The molecule has 2 aliphatic rings. The highest BCUT2D eigenvalue weighted by atomic mass is 16.6. The van der Waals surface area contributed by atoms with Crippen molar-refractivity contribution in [3.8, 4) is 11.5 Å². The molecule has 8 heteroatoms. The van der Waals surface area contributed by atoms with E-state index in [9.17, 15) is 4.79 Å². The highest BCUT2D eigenvalue weighted by Crippen LogP contribution is 2.43. The van der Waals surface area contributed by atoms with Crippen molar-refractivity contribution in [1.82, 2.24) is 10.3 Å². The van der Waals surface area contributed by atoms with Crippen LogP contribution in [0.5, 0.6) is 11.5 Å². The Morgan fingerprint density at radius 2 is 1.48 bits per heavy atom. The Balaban J connectivity index is 1.54. The lowest BCUT2D eigenvalue weighted by Gasteiger charge is -2.29. The van der Waals surface area contributed by atoms with E-state index in [1.165, 1.54) is 0 Å². The zero-order chi connectivity index (χ0) is 21.4. The zero-order valence-corrected chi connectivity index (χ0v) is 17.2. The summed E-state index contributed by atoms with van der Waals surface area (Å²) in [5.74, 6) is 2.65. The number of benzene rings is 2. The summed E-state index contributed by atoms with van der Waals surface area (Å²) in [4.78, 5) is 13.4. The fraction of sp³-hybridized carbons (Fsp3) is 0.261. The Bertz CT molecular complexity index is 1140. The van der Waals surface area contributed by atoms with Gasteiger partial charge in [0.25, 0.3) is 0 Å². The number of carbonyl (C=O) groups is 1. The molecular formula is C23H22N4O4. The molecule has 2 heterocycles. The number of rotatable bonds is 4. The maximum Gasteiger partial charge on any atom is 0.219 e. The van der Waals surface area contributed by atoms with Gasteiger partial charge in [-0.15, -0.1) is 0 Å². The van der Waals surface area contributed by atoms with Gasteiger partial charge in [0.2, 0.25) is 11.6 Å². The van der Waals surface area contributed by atoms with Gasteiger partial charge in [-0.1, -0.05) is 24.3 Å². The van der Waals surface area contributed by atoms with Crippen molar-refractivity contribution in [3.05, 3.63) is 70.9 Å². The maximum atomic E-state index is 13.4. The first-order valence-corrected chi connectivity index (χ1v) is 10.1. The van der Waals surface area contributed by atoms with Crippen LogP contribution in [-0.2, 0) is 4.79 Å². The molecule has 1 aliphatic heterocycles. The summed E-state index contributed by atoms with van der Waals surface area (Å²) in [6.45, 7) is 0. The fourth-order valence-corrected chi connectivity index (χ4v) is 4.26. The SMILES string of the molecule is COc1ccc([C@@H]2CC(=O)C3=C(C2)Nc2nonc2N[C@H]3c2ccc(OC)cc2)cc1. The number of ether oxygens (including phenoxy) is 2. The molecule has 2 N–H and O–H groups in total. The second kappa shape index (κ2) is 7.79. The molecule has 0 saturated carbocycles. The van der Waals surface area contributed by atoms with Crippen LogP contribution in [0, 0.1) is 0 Å². The standard InChI is InChI=1S/C23H22N4O4/c1-29-16-7-3-13(4-8-16)15-11-18-20(19(28)12-15)21(14-5-9-17(30-2)10-6-14)25-23-22(24-18)26-31-27-23/h3-10,15,21H,11-12H2,1-2H3,(H,24,26)(H,25,27)/t15-,21-/m0/s1. The molecular weight excluding hydrogens is 396 g/mol. The average molecular weight is 418 g/mol. The van der Waals surface area contributed by atoms with Gasteiger partial charge in [0.15, 0.2) is 5.78 Å². The van der Waals surface area contributed by atoms with E-state index in [4.69, 9.17) is 14.1 Å². The van der Waals surface area contributed by atoms with Crippen molar-refractivity contribution >= 4 is 17.4 Å². The molecule has 5 rings (SSSR count).